The van der Waals surface area contributed by atoms with Crippen LogP contribution in [0.4, 0.5) is 14.4 Å². The molecular weight excluding hydrogens is 707 g/mol. The molecule has 1 aliphatic carbocycles. The summed E-state index contributed by atoms with van der Waals surface area (Å²) in [6.45, 7) is 11.9. The van der Waals surface area contributed by atoms with Crippen molar-refractivity contribution >= 4 is 51.9 Å². The maximum atomic E-state index is 13.8. The number of imidazole rings is 1. The van der Waals surface area contributed by atoms with Crippen LogP contribution in [0.2, 0.25) is 0 Å². The van der Waals surface area contributed by atoms with Crippen molar-refractivity contribution < 1.29 is 23.9 Å². The van der Waals surface area contributed by atoms with Crippen molar-refractivity contribution in [3.63, 3.8) is 0 Å². The number of aliphatic imine (C=N–C) groups is 1. The average molecular weight is 762 g/mol. The van der Waals surface area contributed by atoms with Crippen LogP contribution in [-0.4, -0.2) is 86.5 Å². The number of carbonyl (C=O) groups is 3. The first kappa shape index (κ1) is 38.9. The molecule has 0 spiro atoms. The number of hydrogen-bond acceptors (Lipinski definition) is 8. The van der Waals surface area contributed by atoms with Crippen molar-refractivity contribution in [2.45, 2.75) is 123 Å². The summed E-state index contributed by atoms with van der Waals surface area (Å²) in [5.74, 6) is 0.714. The van der Waals surface area contributed by atoms with Crippen molar-refractivity contribution in [3.05, 3.63) is 71.2 Å². The quantitative estimate of drug-likeness (QED) is 0.186. The van der Waals surface area contributed by atoms with Crippen LogP contribution in [0.5, 0.6) is 0 Å². The third kappa shape index (κ3) is 7.57. The van der Waals surface area contributed by atoms with Gasteiger partial charge in [-0.05, 0) is 133 Å². The molecule has 3 N–H and O–H groups in total. The van der Waals surface area contributed by atoms with Gasteiger partial charge in [0.25, 0.3) is 0 Å². The minimum absolute atomic E-state index is 0.0597. The van der Waals surface area contributed by atoms with Gasteiger partial charge in [0.1, 0.15) is 11.4 Å². The number of urea groups is 1. The van der Waals surface area contributed by atoms with Crippen LogP contribution >= 0.6 is 0 Å². The number of amides is 4. The number of aromatic amines is 1. The van der Waals surface area contributed by atoms with Gasteiger partial charge in [-0.15, -0.1) is 0 Å². The number of hydrogen-bond donors (Lipinski definition) is 2. The van der Waals surface area contributed by atoms with Crippen molar-refractivity contribution in [3.8, 4) is 11.1 Å². The van der Waals surface area contributed by atoms with Crippen LogP contribution < -0.4 is 5.73 Å². The number of nitrogens with one attached hydrogen (secondary N) is 1. The topological polar surface area (TPSA) is 146 Å². The van der Waals surface area contributed by atoms with E-state index in [1.54, 1.807) is 29.8 Å². The maximum absolute atomic E-state index is 13.8. The number of nitrogens with two attached hydrogens (primary N) is 1. The molecule has 296 valence electrons. The minimum Gasteiger partial charge on any atom is -0.452 e. The molecule has 12 heteroatoms. The summed E-state index contributed by atoms with van der Waals surface area (Å²) >= 11 is 0. The van der Waals surface area contributed by atoms with Crippen molar-refractivity contribution in [1.82, 2.24) is 24.7 Å². The fourth-order valence-corrected chi connectivity index (χ4v) is 8.65. The highest BCUT2D eigenvalue weighted by Crippen LogP contribution is 2.40. The fourth-order valence-electron chi connectivity index (χ4n) is 8.65. The molecule has 7 rings (SSSR count). The molecule has 4 aromatic rings. The van der Waals surface area contributed by atoms with E-state index in [1.165, 1.54) is 28.7 Å². The lowest BCUT2D eigenvalue weighted by Crippen LogP contribution is -2.51. The van der Waals surface area contributed by atoms with Crippen LogP contribution in [0.25, 0.3) is 38.6 Å². The number of methoxy groups -OCH3 is 1. The predicted molar refractivity (Wildman–Crippen MR) is 220 cm³/mol. The zero-order chi connectivity index (χ0) is 39.9. The first-order valence-corrected chi connectivity index (χ1v) is 20.0. The van der Waals surface area contributed by atoms with Gasteiger partial charge in [0, 0.05) is 35.8 Å². The van der Waals surface area contributed by atoms with Gasteiger partial charge in [0.2, 0.25) is 0 Å². The van der Waals surface area contributed by atoms with E-state index in [9.17, 15) is 14.4 Å². The number of ether oxygens (including phenoxy) is 2. The third-order valence-electron chi connectivity index (χ3n) is 11.3. The maximum Gasteiger partial charge on any atom is 0.417 e. The molecule has 3 heterocycles. The normalized spacial score (nSPS) is 20.4. The van der Waals surface area contributed by atoms with Crippen molar-refractivity contribution in [2.24, 2.45) is 10.7 Å². The van der Waals surface area contributed by atoms with Crippen LogP contribution in [0.15, 0.2) is 53.7 Å². The van der Waals surface area contributed by atoms with E-state index in [1.807, 2.05) is 33.9 Å². The standard InChI is InChI=1S/C44H55N7O5/c1-26(2)50(43(54)55-7)41(52)51-27(3)14-21-38(51)40-47-37-20-16-29-23-28(15-17-32(29)39(37)48-40)31-18-19-35(34-13-9-8-12-33(31)34)36(45)25-46-24-30-11-10-22-49(30)42(53)56-44(4,5)6/h15-20,23-27,30,38H,8-14,21-22,45H2,1-7H3,(H,47,48)/b36-25-,46-24?/t27-,30-,38-/m0/s1. The molecule has 0 unspecified atom stereocenters. The van der Waals surface area contributed by atoms with Gasteiger partial charge >= 0.3 is 18.2 Å². The molecular formula is C44H55N7O5. The number of carbonyl (C=O) groups excluding carboxylic acids is 3. The Bertz CT molecular complexity index is 2220. The van der Waals surface area contributed by atoms with E-state index in [0.717, 1.165) is 84.3 Å². The second-order valence-corrected chi connectivity index (χ2v) is 16.7. The molecule has 0 radical (unpaired) electrons. The first-order valence-electron chi connectivity index (χ1n) is 20.0. The van der Waals surface area contributed by atoms with Gasteiger partial charge < -0.3 is 30.0 Å². The third-order valence-corrected chi connectivity index (χ3v) is 11.3. The Morgan fingerprint density at radius 1 is 1.02 bits per heavy atom. The molecule has 2 aliphatic heterocycles. The lowest BCUT2D eigenvalue weighted by Gasteiger charge is -2.33. The van der Waals surface area contributed by atoms with Gasteiger partial charge in [-0.25, -0.2) is 24.3 Å². The lowest BCUT2D eigenvalue weighted by molar-refractivity contribution is 0.0268. The zero-order valence-corrected chi connectivity index (χ0v) is 33.7. The summed E-state index contributed by atoms with van der Waals surface area (Å²) in [7, 11) is 1.29. The molecule has 1 aromatic heterocycles. The van der Waals surface area contributed by atoms with Gasteiger partial charge in [-0.1, -0.05) is 30.3 Å². The summed E-state index contributed by atoms with van der Waals surface area (Å²) in [5.41, 5.74) is 14.5. The second kappa shape index (κ2) is 15.6. The smallest absolute Gasteiger partial charge is 0.417 e. The summed E-state index contributed by atoms with van der Waals surface area (Å²) in [6, 6.07) is 13.8. The molecule has 12 nitrogen and oxygen atoms in total. The molecule has 56 heavy (non-hydrogen) atoms. The van der Waals surface area contributed by atoms with Crippen molar-refractivity contribution in [1.29, 1.82) is 0 Å². The summed E-state index contributed by atoms with van der Waals surface area (Å²) < 4.78 is 10.6. The first-order chi connectivity index (χ1) is 26.8. The number of likely N-dealkylation sites (tertiary alicyclic amines) is 2. The fraction of sp³-hybridized carbons (Fsp3) is 0.477. The van der Waals surface area contributed by atoms with Crippen LogP contribution in [0, 0.1) is 0 Å². The number of imide groups is 1. The minimum atomic E-state index is -0.664. The molecule has 2 fully saturated rings. The molecule has 0 bridgehead atoms. The summed E-state index contributed by atoms with van der Waals surface area (Å²) in [6.07, 6.45) is 9.99. The van der Waals surface area contributed by atoms with Gasteiger partial charge in [-0.2, -0.15) is 0 Å². The van der Waals surface area contributed by atoms with Crippen LogP contribution in [0.3, 0.4) is 0 Å². The van der Waals surface area contributed by atoms with Gasteiger partial charge in [-0.3, -0.25) is 4.99 Å². The van der Waals surface area contributed by atoms with E-state index in [0.29, 0.717) is 18.1 Å². The summed E-state index contributed by atoms with van der Waals surface area (Å²) in [5, 5.41) is 2.10. The second-order valence-electron chi connectivity index (χ2n) is 16.7. The monoisotopic (exact) mass is 761 g/mol. The average Bonchev–Trinajstić information content (AvgIpc) is 3.91. The number of rotatable bonds is 6. The van der Waals surface area contributed by atoms with E-state index in [2.05, 4.69) is 52.4 Å². The number of aromatic nitrogens is 2. The number of fused-ring (bicyclic) bond motifs is 4. The zero-order valence-electron chi connectivity index (χ0n) is 33.7. The highest BCUT2D eigenvalue weighted by Gasteiger charge is 2.42. The Labute approximate surface area is 329 Å². The van der Waals surface area contributed by atoms with Gasteiger partial charge in [0.05, 0.1) is 42.1 Å². The Morgan fingerprint density at radius 2 is 1.79 bits per heavy atom. The molecule has 3 atom stereocenters. The molecule has 3 aromatic carbocycles. The Kier molecular flexibility index (Phi) is 10.8. The van der Waals surface area contributed by atoms with Crippen LogP contribution in [0.1, 0.15) is 109 Å². The molecule has 0 saturated carbocycles. The van der Waals surface area contributed by atoms with E-state index >= 15 is 0 Å². The Balaban J connectivity index is 1.15. The lowest BCUT2D eigenvalue weighted by atomic mass is 9.82. The molecule has 2 saturated heterocycles. The SMILES string of the molecule is COC(=O)N(C(=O)N1[C@@H](C)CC[C@H]1c1nc2c(ccc3cc(-c4ccc(/C(N)=C/N=C[C@@H]5CCCN5C(=O)OC(C)(C)C)c5c4CCCC5)ccc32)[nH]1)C(C)C. The molecule has 4 amide bonds. The number of benzene rings is 3. The van der Waals surface area contributed by atoms with E-state index in [4.69, 9.17) is 20.2 Å². The Hall–Kier alpha value is -5.39. The number of H-pyrrole nitrogens is 1. The summed E-state index contributed by atoms with van der Waals surface area (Å²) in [4.78, 5) is 57.0. The number of nitrogens with zero attached hydrogens (tertiary/aromatic N) is 5. The van der Waals surface area contributed by atoms with E-state index in [-0.39, 0.29) is 36.3 Å². The largest absolute Gasteiger partial charge is 0.452 e. The predicted octanol–water partition coefficient (Wildman–Crippen LogP) is 9.11. The highest BCUT2D eigenvalue weighted by molar-refractivity contribution is 6.05. The molecule has 3 aliphatic rings. The Morgan fingerprint density at radius 3 is 2.52 bits per heavy atom. The van der Waals surface area contributed by atoms with Crippen molar-refractivity contribution in [2.75, 3.05) is 13.7 Å². The van der Waals surface area contributed by atoms with Crippen LogP contribution in [-0.2, 0) is 22.3 Å². The van der Waals surface area contributed by atoms with Gasteiger partial charge in [0.15, 0.2) is 0 Å². The highest BCUT2D eigenvalue weighted by atomic mass is 16.6. The van der Waals surface area contributed by atoms with E-state index < -0.39 is 11.7 Å².